The molecule has 12 aromatic rings. The number of aromatic nitrogens is 6. The van der Waals surface area contributed by atoms with E-state index in [1.54, 1.807) is 0 Å². The molecule has 290 valence electrons. The fourth-order valence-electron chi connectivity index (χ4n) is 8.92. The Morgan fingerprint density at radius 3 is 1.50 bits per heavy atom. The largest absolute Gasteiger partial charge is 0.309 e. The van der Waals surface area contributed by atoms with Gasteiger partial charge in [0, 0.05) is 49.5 Å². The third-order valence-corrected chi connectivity index (χ3v) is 11.8. The van der Waals surface area contributed by atoms with Crippen molar-refractivity contribution in [1.29, 1.82) is 0 Å². The molecule has 6 heteroatoms. The van der Waals surface area contributed by atoms with Crippen LogP contribution in [0.3, 0.4) is 0 Å². The van der Waals surface area contributed by atoms with E-state index in [1.807, 2.05) is 42.5 Å². The molecule has 6 nitrogen and oxygen atoms in total. The van der Waals surface area contributed by atoms with Crippen LogP contribution in [-0.2, 0) is 0 Å². The molecule has 62 heavy (non-hydrogen) atoms. The zero-order chi connectivity index (χ0) is 41.0. The van der Waals surface area contributed by atoms with Crippen molar-refractivity contribution < 1.29 is 0 Å². The van der Waals surface area contributed by atoms with Gasteiger partial charge in [0.1, 0.15) is 0 Å². The fraction of sp³-hybridized carbons (Fsp3) is 0. The maximum Gasteiger partial charge on any atom is 0.238 e. The van der Waals surface area contributed by atoms with Crippen LogP contribution in [0.1, 0.15) is 0 Å². The predicted molar refractivity (Wildman–Crippen MR) is 253 cm³/mol. The summed E-state index contributed by atoms with van der Waals surface area (Å²) in [5.74, 6) is 1.74. The summed E-state index contributed by atoms with van der Waals surface area (Å²) >= 11 is 0. The summed E-state index contributed by atoms with van der Waals surface area (Å²) < 4.78 is 4.63. The van der Waals surface area contributed by atoms with Crippen molar-refractivity contribution in [1.82, 2.24) is 29.1 Å². The van der Waals surface area contributed by atoms with Gasteiger partial charge in [-0.3, -0.25) is 4.57 Å². The first-order chi connectivity index (χ1) is 30.7. The van der Waals surface area contributed by atoms with Crippen molar-refractivity contribution >= 4 is 43.6 Å². The number of pyridine rings is 1. The molecule has 0 aliphatic heterocycles. The van der Waals surface area contributed by atoms with Gasteiger partial charge in [0.25, 0.3) is 0 Å². The van der Waals surface area contributed by atoms with Crippen molar-refractivity contribution in [3.05, 3.63) is 218 Å². The maximum atomic E-state index is 5.34. The second kappa shape index (κ2) is 14.7. The van der Waals surface area contributed by atoms with E-state index in [0.29, 0.717) is 17.6 Å². The van der Waals surface area contributed by atoms with Crippen molar-refractivity contribution in [2.75, 3.05) is 0 Å². The number of benzene rings is 8. The fourth-order valence-corrected chi connectivity index (χ4v) is 8.92. The minimum absolute atomic E-state index is 0.553. The van der Waals surface area contributed by atoms with E-state index >= 15 is 0 Å². The number of hydrogen-bond acceptors (Lipinski definition) is 4. The minimum atomic E-state index is 0.553. The van der Waals surface area contributed by atoms with Gasteiger partial charge in [0.2, 0.25) is 5.95 Å². The van der Waals surface area contributed by atoms with Crippen LogP contribution in [0, 0.1) is 0 Å². The van der Waals surface area contributed by atoms with Crippen LogP contribution in [0.5, 0.6) is 0 Å². The van der Waals surface area contributed by atoms with Gasteiger partial charge in [-0.1, -0.05) is 176 Å². The highest BCUT2D eigenvalue weighted by Crippen LogP contribution is 2.42. The Bertz CT molecular complexity index is 3610. The molecule has 0 amide bonds. The molecule has 0 saturated heterocycles. The van der Waals surface area contributed by atoms with Gasteiger partial charge in [0.15, 0.2) is 11.6 Å². The van der Waals surface area contributed by atoms with E-state index in [0.717, 1.165) is 82.9 Å². The van der Waals surface area contributed by atoms with Gasteiger partial charge in [-0.2, -0.15) is 9.97 Å². The van der Waals surface area contributed by atoms with Crippen LogP contribution in [0.25, 0.3) is 112 Å². The Morgan fingerprint density at radius 1 is 0.290 bits per heavy atom. The zero-order valence-corrected chi connectivity index (χ0v) is 33.5. The summed E-state index contributed by atoms with van der Waals surface area (Å²) in [4.78, 5) is 20.8. The standard InChI is InChI=1S/C56H36N6/c1-4-16-37(17-5-1)42-22-14-23-43(36-42)61-50-29-13-11-25-46(50)52-51(61)35-34-45-44-24-10-12-28-49(44)62(53(45)52)56-59-54(40-20-8-3-9-21-40)58-55(60-56)41-32-30-39(31-33-41)48-27-15-26-47(57-48)38-18-6-2-7-19-38/h1-36H. The van der Waals surface area contributed by atoms with E-state index in [9.17, 15) is 0 Å². The van der Waals surface area contributed by atoms with Crippen LogP contribution < -0.4 is 0 Å². The zero-order valence-electron chi connectivity index (χ0n) is 33.5. The molecule has 0 N–H and O–H groups in total. The summed E-state index contributed by atoms with van der Waals surface area (Å²) in [6.07, 6.45) is 0. The van der Waals surface area contributed by atoms with Crippen molar-refractivity contribution in [3.8, 4) is 68.1 Å². The molecule has 0 unspecified atom stereocenters. The Kier molecular flexibility index (Phi) is 8.38. The van der Waals surface area contributed by atoms with Gasteiger partial charge in [0.05, 0.1) is 33.5 Å². The van der Waals surface area contributed by atoms with E-state index < -0.39 is 0 Å². The SMILES string of the molecule is c1ccc(-c2cccc(-n3c4ccccc4c4c3ccc3c5ccccc5n(-c5nc(-c6ccccc6)nc(-c6ccc(-c7cccc(-c8ccccc8)n7)cc6)n5)c34)c2)cc1. The summed E-state index contributed by atoms with van der Waals surface area (Å²) in [5, 5.41) is 4.55. The van der Waals surface area contributed by atoms with Gasteiger partial charge in [-0.25, -0.2) is 9.97 Å². The topological polar surface area (TPSA) is 61.4 Å². The van der Waals surface area contributed by atoms with Crippen LogP contribution >= 0.6 is 0 Å². The van der Waals surface area contributed by atoms with E-state index in [1.165, 1.54) is 11.1 Å². The quantitative estimate of drug-likeness (QED) is 0.161. The summed E-state index contributed by atoms with van der Waals surface area (Å²) in [6, 6.07) is 76.1. The minimum Gasteiger partial charge on any atom is -0.309 e. The molecule has 0 aliphatic carbocycles. The molecule has 4 aromatic heterocycles. The normalized spacial score (nSPS) is 11.5. The molecule has 0 bridgehead atoms. The lowest BCUT2D eigenvalue weighted by molar-refractivity contribution is 0.955. The van der Waals surface area contributed by atoms with E-state index in [4.69, 9.17) is 19.9 Å². The molecule has 0 fully saturated rings. The van der Waals surface area contributed by atoms with Crippen molar-refractivity contribution in [3.63, 3.8) is 0 Å². The maximum absolute atomic E-state index is 5.34. The van der Waals surface area contributed by atoms with Crippen LogP contribution in [0.15, 0.2) is 218 Å². The predicted octanol–water partition coefficient (Wildman–Crippen LogP) is 13.8. The van der Waals surface area contributed by atoms with Gasteiger partial charge < -0.3 is 4.57 Å². The first-order valence-electron chi connectivity index (χ1n) is 20.8. The lowest BCUT2D eigenvalue weighted by Crippen LogP contribution is -2.06. The van der Waals surface area contributed by atoms with Gasteiger partial charge >= 0.3 is 0 Å². The molecule has 0 aliphatic rings. The Labute approximate surface area is 357 Å². The number of hydrogen-bond donors (Lipinski definition) is 0. The third kappa shape index (κ3) is 5.96. The molecule has 0 saturated carbocycles. The molecule has 12 rings (SSSR count). The summed E-state index contributed by atoms with van der Waals surface area (Å²) in [7, 11) is 0. The third-order valence-electron chi connectivity index (χ3n) is 11.8. The molecule has 0 spiro atoms. The average Bonchev–Trinajstić information content (AvgIpc) is 3.88. The summed E-state index contributed by atoms with van der Waals surface area (Å²) in [6.45, 7) is 0. The second-order valence-corrected chi connectivity index (χ2v) is 15.5. The van der Waals surface area contributed by atoms with E-state index in [-0.39, 0.29) is 0 Å². The highest BCUT2D eigenvalue weighted by Gasteiger charge is 2.23. The Morgan fingerprint density at radius 2 is 0.806 bits per heavy atom. The highest BCUT2D eigenvalue weighted by molar-refractivity contribution is 6.26. The molecule has 0 radical (unpaired) electrons. The summed E-state index contributed by atoms with van der Waals surface area (Å²) in [5.41, 5.74) is 13.5. The number of fused-ring (bicyclic) bond motifs is 7. The number of para-hydroxylation sites is 2. The lowest BCUT2D eigenvalue weighted by Gasteiger charge is -2.12. The molecule has 4 heterocycles. The van der Waals surface area contributed by atoms with Crippen LogP contribution in [0.4, 0.5) is 0 Å². The molecule has 8 aromatic carbocycles. The van der Waals surface area contributed by atoms with Gasteiger partial charge in [-0.15, -0.1) is 0 Å². The first kappa shape index (κ1) is 35.5. The average molecular weight is 793 g/mol. The van der Waals surface area contributed by atoms with Crippen LogP contribution in [-0.4, -0.2) is 29.1 Å². The Hall–Kier alpha value is -8.48. The van der Waals surface area contributed by atoms with Crippen molar-refractivity contribution in [2.24, 2.45) is 0 Å². The number of nitrogens with zero attached hydrogens (tertiary/aromatic N) is 6. The smallest absolute Gasteiger partial charge is 0.238 e. The highest BCUT2D eigenvalue weighted by atomic mass is 15.2. The molecule has 0 atom stereocenters. The first-order valence-corrected chi connectivity index (χ1v) is 20.8. The monoisotopic (exact) mass is 792 g/mol. The molecular weight excluding hydrogens is 757 g/mol. The van der Waals surface area contributed by atoms with E-state index in [2.05, 4.69) is 185 Å². The Balaban J connectivity index is 1.08. The van der Waals surface area contributed by atoms with Crippen molar-refractivity contribution in [2.45, 2.75) is 0 Å². The lowest BCUT2D eigenvalue weighted by atomic mass is 10.1. The molecular formula is C56H36N6. The van der Waals surface area contributed by atoms with Gasteiger partial charge in [-0.05, 0) is 53.6 Å². The van der Waals surface area contributed by atoms with Crippen LogP contribution in [0.2, 0.25) is 0 Å². The second-order valence-electron chi connectivity index (χ2n) is 15.5. The number of rotatable bonds is 7.